The van der Waals surface area contributed by atoms with Gasteiger partial charge in [0.1, 0.15) is 0 Å². The largest absolute Gasteiger partial charge is 0.478 e. The fourth-order valence-corrected chi connectivity index (χ4v) is 1.84. The fourth-order valence-electron chi connectivity index (χ4n) is 1.84. The molecule has 6 nitrogen and oxygen atoms in total. The van der Waals surface area contributed by atoms with Gasteiger partial charge in [0.05, 0.1) is 5.52 Å². The van der Waals surface area contributed by atoms with Crippen molar-refractivity contribution < 1.29 is 9.53 Å². The highest BCUT2D eigenvalue weighted by atomic mass is 16.5. The molecule has 1 aromatic carbocycles. The molecule has 1 aromatic heterocycles. The van der Waals surface area contributed by atoms with E-state index in [0.29, 0.717) is 5.69 Å². The number of rotatable bonds is 3. The topological polar surface area (TPSA) is 77.6 Å². The first-order valence-corrected chi connectivity index (χ1v) is 6.12. The molecular formula is C14H17N3O3. The van der Waals surface area contributed by atoms with Crippen LogP contribution in [0.3, 0.4) is 0 Å². The minimum absolute atomic E-state index is 0.140. The molecule has 1 heterocycles. The quantitative estimate of drug-likeness (QED) is 0.832. The summed E-state index contributed by atoms with van der Waals surface area (Å²) >= 11 is 0. The standard InChI is InChI=1S/C14H17N3O3/c1-16(2)13(18)8-20-12-7-9-6-10(15)4-5-11(9)17(3)14(12)19/h4-7H,8,15H2,1-3H3. The Morgan fingerprint density at radius 1 is 1.35 bits per heavy atom. The van der Waals surface area contributed by atoms with Gasteiger partial charge in [0.2, 0.25) is 0 Å². The number of pyridine rings is 1. The predicted octanol–water partition coefficient (Wildman–Crippen LogP) is 0.588. The van der Waals surface area contributed by atoms with Crippen LogP contribution in [0.5, 0.6) is 5.75 Å². The molecule has 106 valence electrons. The zero-order valence-electron chi connectivity index (χ0n) is 11.7. The van der Waals surface area contributed by atoms with E-state index < -0.39 is 0 Å². The molecule has 2 aromatic rings. The van der Waals surface area contributed by atoms with E-state index in [4.69, 9.17) is 10.5 Å². The van der Waals surface area contributed by atoms with Crippen LogP contribution in [0.2, 0.25) is 0 Å². The van der Waals surface area contributed by atoms with Gasteiger partial charge in [-0.25, -0.2) is 0 Å². The molecule has 20 heavy (non-hydrogen) atoms. The Kier molecular flexibility index (Phi) is 3.65. The first kappa shape index (κ1) is 13.9. The number of hydrogen-bond acceptors (Lipinski definition) is 4. The molecule has 0 unspecified atom stereocenters. The van der Waals surface area contributed by atoms with Gasteiger partial charge in [0.25, 0.3) is 11.5 Å². The first-order chi connectivity index (χ1) is 9.40. The van der Waals surface area contributed by atoms with E-state index in [1.54, 1.807) is 45.4 Å². The lowest BCUT2D eigenvalue weighted by molar-refractivity contribution is -0.130. The molecule has 0 bridgehead atoms. The number of nitrogens with two attached hydrogens (primary N) is 1. The second-order valence-electron chi connectivity index (χ2n) is 4.77. The van der Waals surface area contributed by atoms with Gasteiger partial charge in [0, 0.05) is 32.2 Å². The van der Waals surface area contributed by atoms with E-state index in [1.807, 2.05) is 0 Å². The number of benzene rings is 1. The summed E-state index contributed by atoms with van der Waals surface area (Å²) < 4.78 is 6.80. The number of carbonyl (C=O) groups is 1. The van der Waals surface area contributed by atoms with Gasteiger partial charge in [-0.15, -0.1) is 0 Å². The van der Waals surface area contributed by atoms with Crippen molar-refractivity contribution in [1.82, 2.24) is 9.47 Å². The minimum atomic E-state index is -0.283. The maximum atomic E-state index is 12.1. The number of anilines is 1. The van der Waals surface area contributed by atoms with Gasteiger partial charge in [0.15, 0.2) is 12.4 Å². The maximum Gasteiger partial charge on any atom is 0.293 e. The summed E-state index contributed by atoms with van der Waals surface area (Å²) in [6.45, 7) is -0.171. The van der Waals surface area contributed by atoms with Crippen molar-refractivity contribution in [2.75, 3.05) is 26.4 Å². The molecule has 0 saturated carbocycles. The molecule has 0 radical (unpaired) electrons. The van der Waals surface area contributed by atoms with Crippen molar-refractivity contribution in [3.8, 4) is 5.75 Å². The molecule has 2 rings (SSSR count). The Hall–Kier alpha value is -2.50. The van der Waals surface area contributed by atoms with Crippen LogP contribution in [-0.4, -0.2) is 36.1 Å². The summed E-state index contributed by atoms with van der Waals surface area (Å²) in [5.41, 5.74) is 6.81. The van der Waals surface area contributed by atoms with E-state index in [9.17, 15) is 9.59 Å². The van der Waals surface area contributed by atoms with E-state index in [1.165, 1.54) is 9.47 Å². The molecule has 0 aliphatic carbocycles. The number of aryl methyl sites for hydroxylation is 1. The summed E-state index contributed by atoms with van der Waals surface area (Å²) in [6, 6.07) is 6.88. The Morgan fingerprint density at radius 3 is 2.70 bits per heavy atom. The summed E-state index contributed by atoms with van der Waals surface area (Å²) in [6.07, 6.45) is 0. The van der Waals surface area contributed by atoms with Crippen LogP contribution in [0.1, 0.15) is 0 Å². The van der Waals surface area contributed by atoms with E-state index in [2.05, 4.69) is 0 Å². The third-order valence-electron chi connectivity index (χ3n) is 3.06. The number of carbonyl (C=O) groups excluding carboxylic acids is 1. The second kappa shape index (κ2) is 5.24. The normalized spacial score (nSPS) is 10.6. The van der Waals surface area contributed by atoms with Crippen molar-refractivity contribution in [2.45, 2.75) is 0 Å². The van der Waals surface area contributed by atoms with Gasteiger partial charge in [-0.1, -0.05) is 0 Å². The van der Waals surface area contributed by atoms with E-state index in [0.717, 1.165) is 10.9 Å². The highest BCUT2D eigenvalue weighted by Gasteiger charge is 2.11. The van der Waals surface area contributed by atoms with Gasteiger partial charge in [-0.2, -0.15) is 0 Å². The van der Waals surface area contributed by atoms with Crippen LogP contribution < -0.4 is 16.0 Å². The van der Waals surface area contributed by atoms with Crippen molar-refractivity contribution in [3.05, 3.63) is 34.6 Å². The zero-order valence-corrected chi connectivity index (χ0v) is 11.7. The average molecular weight is 275 g/mol. The lowest BCUT2D eigenvalue weighted by Crippen LogP contribution is -2.29. The highest BCUT2D eigenvalue weighted by molar-refractivity contribution is 5.83. The molecule has 2 N–H and O–H groups in total. The van der Waals surface area contributed by atoms with Crippen LogP contribution in [0.15, 0.2) is 29.1 Å². The SMILES string of the molecule is CN(C)C(=O)COc1cc2cc(N)ccc2n(C)c1=O. The Bertz CT molecular complexity index is 719. The number of likely N-dealkylation sites (N-methyl/N-ethyl adjacent to an activating group) is 1. The molecule has 0 aliphatic heterocycles. The van der Waals surface area contributed by atoms with Crippen LogP contribution >= 0.6 is 0 Å². The predicted molar refractivity (Wildman–Crippen MR) is 77.8 cm³/mol. The number of nitrogens with zero attached hydrogens (tertiary/aromatic N) is 2. The van der Waals surface area contributed by atoms with Crippen LogP contribution in [0.25, 0.3) is 10.9 Å². The zero-order chi connectivity index (χ0) is 14.9. The van der Waals surface area contributed by atoms with Gasteiger partial charge in [-0.3, -0.25) is 9.59 Å². The molecule has 0 atom stereocenters. The van der Waals surface area contributed by atoms with Gasteiger partial charge < -0.3 is 19.9 Å². The second-order valence-corrected chi connectivity index (χ2v) is 4.77. The number of nitrogen functional groups attached to an aromatic ring is 1. The lowest BCUT2D eigenvalue weighted by Gasteiger charge is -2.13. The van der Waals surface area contributed by atoms with Crippen LogP contribution in [-0.2, 0) is 11.8 Å². The smallest absolute Gasteiger partial charge is 0.293 e. The fraction of sp³-hybridized carbons (Fsp3) is 0.286. The number of aromatic nitrogens is 1. The van der Waals surface area contributed by atoms with Gasteiger partial charge in [-0.05, 0) is 24.3 Å². The average Bonchev–Trinajstić information content (AvgIpc) is 2.40. The Balaban J connectivity index is 2.41. The monoisotopic (exact) mass is 275 g/mol. The number of ether oxygens (including phenoxy) is 1. The van der Waals surface area contributed by atoms with E-state index in [-0.39, 0.29) is 23.8 Å². The molecule has 1 amide bonds. The van der Waals surface area contributed by atoms with E-state index >= 15 is 0 Å². The molecule has 0 aliphatic rings. The summed E-state index contributed by atoms with van der Waals surface area (Å²) in [4.78, 5) is 25.0. The highest BCUT2D eigenvalue weighted by Crippen LogP contribution is 2.19. The summed E-state index contributed by atoms with van der Waals surface area (Å²) in [5, 5.41) is 0.791. The van der Waals surface area contributed by atoms with Crippen molar-refractivity contribution >= 4 is 22.5 Å². The summed E-state index contributed by atoms with van der Waals surface area (Å²) in [7, 11) is 4.91. The molecule has 6 heteroatoms. The Labute approximate surface area is 116 Å². The molecule has 0 spiro atoms. The Morgan fingerprint density at radius 2 is 2.05 bits per heavy atom. The lowest BCUT2D eigenvalue weighted by atomic mass is 10.2. The number of hydrogen-bond donors (Lipinski definition) is 1. The van der Waals surface area contributed by atoms with Crippen molar-refractivity contribution in [2.24, 2.45) is 7.05 Å². The molecular weight excluding hydrogens is 258 g/mol. The molecule has 0 fully saturated rings. The third-order valence-corrected chi connectivity index (χ3v) is 3.06. The first-order valence-electron chi connectivity index (χ1n) is 6.12. The van der Waals surface area contributed by atoms with Crippen LogP contribution in [0, 0.1) is 0 Å². The maximum absolute atomic E-state index is 12.1. The summed E-state index contributed by atoms with van der Waals surface area (Å²) in [5.74, 6) is -0.0690. The van der Waals surface area contributed by atoms with Crippen LogP contribution in [0.4, 0.5) is 5.69 Å². The van der Waals surface area contributed by atoms with Crippen molar-refractivity contribution in [3.63, 3.8) is 0 Å². The van der Waals surface area contributed by atoms with Gasteiger partial charge >= 0.3 is 0 Å². The molecule has 0 saturated heterocycles. The number of amides is 1. The number of fused-ring (bicyclic) bond motifs is 1. The minimum Gasteiger partial charge on any atom is -0.478 e. The van der Waals surface area contributed by atoms with Crippen molar-refractivity contribution in [1.29, 1.82) is 0 Å². The third kappa shape index (κ3) is 2.59.